The number of benzene rings is 1. The molecule has 29 heavy (non-hydrogen) atoms. The third-order valence-electron chi connectivity index (χ3n) is 6.29. The Hall–Kier alpha value is -2.38. The van der Waals surface area contributed by atoms with E-state index in [2.05, 4.69) is 15.3 Å². The topological polar surface area (TPSA) is 102 Å². The Labute approximate surface area is 182 Å². The lowest BCUT2D eigenvalue weighted by Gasteiger charge is -2.36. The molecular weight excluding hydrogens is 433 g/mol. The summed E-state index contributed by atoms with van der Waals surface area (Å²) in [5, 5.41) is 22.4. The zero-order valence-corrected chi connectivity index (χ0v) is 17.7. The Balaban J connectivity index is 1.86. The molecule has 1 aromatic heterocycles. The largest absolute Gasteiger partial charge is 0.324 e. The van der Waals surface area contributed by atoms with Crippen molar-refractivity contribution in [2.45, 2.75) is 38.0 Å². The molecule has 0 spiro atoms. The number of nitrogens with one attached hydrogen (secondary N) is 1. The van der Waals surface area contributed by atoms with Gasteiger partial charge in [0.2, 0.25) is 5.91 Å². The maximum absolute atomic E-state index is 13.6. The van der Waals surface area contributed by atoms with Crippen molar-refractivity contribution >= 4 is 46.4 Å². The molecule has 0 saturated heterocycles. The van der Waals surface area contributed by atoms with Gasteiger partial charge in [-0.15, -0.1) is 0 Å². The summed E-state index contributed by atoms with van der Waals surface area (Å²) >= 11 is 18.3. The van der Waals surface area contributed by atoms with Crippen molar-refractivity contribution in [1.29, 1.82) is 10.5 Å². The van der Waals surface area contributed by atoms with Crippen molar-refractivity contribution in [3.8, 4) is 12.1 Å². The number of hydrogen-bond donors (Lipinski definition) is 1. The number of anilines is 1. The molecule has 0 radical (unpaired) electrons. The minimum Gasteiger partial charge on any atom is -0.324 e. The van der Waals surface area contributed by atoms with Crippen LogP contribution in [-0.2, 0) is 10.2 Å². The highest BCUT2D eigenvalue weighted by molar-refractivity contribution is 6.44. The van der Waals surface area contributed by atoms with Gasteiger partial charge in [0.15, 0.2) is 11.4 Å². The molecule has 1 N–H and O–H groups in total. The molecular formula is C20H14Cl3N5O. The summed E-state index contributed by atoms with van der Waals surface area (Å²) < 4.78 is 0. The number of nitriles is 2. The van der Waals surface area contributed by atoms with E-state index in [1.165, 1.54) is 12.1 Å². The second-order valence-electron chi connectivity index (χ2n) is 7.80. The number of amides is 1. The Morgan fingerprint density at radius 2 is 1.72 bits per heavy atom. The molecule has 2 aromatic rings. The van der Waals surface area contributed by atoms with Crippen LogP contribution in [0.1, 0.15) is 55.4 Å². The molecule has 2 atom stereocenters. The van der Waals surface area contributed by atoms with Crippen LogP contribution in [0.3, 0.4) is 0 Å². The van der Waals surface area contributed by atoms with Crippen LogP contribution in [0.25, 0.3) is 0 Å². The van der Waals surface area contributed by atoms with Crippen molar-refractivity contribution in [2.24, 2.45) is 5.41 Å². The number of fused-ring (bicyclic) bond motifs is 5. The normalized spacial score (nSPS) is 23.2. The lowest BCUT2D eigenvalue weighted by atomic mass is 9.67. The average molecular weight is 447 g/mol. The van der Waals surface area contributed by atoms with Crippen LogP contribution < -0.4 is 5.32 Å². The van der Waals surface area contributed by atoms with Gasteiger partial charge in [0.1, 0.15) is 12.1 Å². The van der Waals surface area contributed by atoms with Crippen LogP contribution in [0.4, 0.5) is 5.69 Å². The molecule has 2 bridgehead atoms. The molecule has 1 amide bonds. The first-order valence-corrected chi connectivity index (χ1v) is 9.99. The summed E-state index contributed by atoms with van der Waals surface area (Å²) in [6.45, 7) is 3.98. The Morgan fingerprint density at radius 3 is 2.38 bits per heavy atom. The summed E-state index contributed by atoms with van der Waals surface area (Å²) in [7, 11) is 0. The van der Waals surface area contributed by atoms with Crippen LogP contribution in [-0.4, -0.2) is 15.9 Å². The Bertz CT molecular complexity index is 1160. The third-order valence-corrected chi connectivity index (χ3v) is 7.33. The van der Waals surface area contributed by atoms with Gasteiger partial charge in [-0.1, -0.05) is 48.7 Å². The predicted molar refractivity (Wildman–Crippen MR) is 109 cm³/mol. The number of nitrogens with zero attached hydrogens (tertiary/aromatic N) is 4. The molecule has 9 heteroatoms. The van der Waals surface area contributed by atoms with E-state index in [-0.39, 0.29) is 38.3 Å². The second-order valence-corrected chi connectivity index (χ2v) is 9.02. The van der Waals surface area contributed by atoms with E-state index in [9.17, 15) is 15.3 Å². The average Bonchev–Trinajstić information content (AvgIpc) is 3.06. The number of halogens is 3. The molecule has 6 nitrogen and oxygen atoms in total. The lowest BCUT2D eigenvalue weighted by Crippen LogP contribution is -2.47. The van der Waals surface area contributed by atoms with Gasteiger partial charge in [0.25, 0.3) is 0 Å². The van der Waals surface area contributed by atoms with Crippen LogP contribution in [0, 0.1) is 28.1 Å². The van der Waals surface area contributed by atoms with Gasteiger partial charge in [0.05, 0.1) is 37.6 Å². The Kier molecular flexibility index (Phi) is 4.51. The zero-order valence-electron chi connectivity index (χ0n) is 15.5. The van der Waals surface area contributed by atoms with Crippen LogP contribution >= 0.6 is 34.8 Å². The number of carbonyl (C=O) groups is 1. The van der Waals surface area contributed by atoms with Crippen molar-refractivity contribution < 1.29 is 4.79 Å². The van der Waals surface area contributed by atoms with E-state index in [1.54, 1.807) is 0 Å². The fourth-order valence-electron chi connectivity index (χ4n) is 4.77. The third kappa shape index (κ3) is 2.57. The maximum Gasteiger partial charge on any atom is 0.237 e. The molecule has 1 aromatic carbocycles. The summed E-state index contributed by atoms with van der Waals surface area (Å²) in [6, 6.07) is 6.80. The van der Waals surface area contributed by atoms with Gasteiger partial charge in [0, 0.05) is 5.92 Å². The number of hydrogen-bond acceptors (Lipinski definition) is 5. The highest BCUT2D eigenvalue weighted by Gasteiger charge is 2.68. The van der Waals surface area contributed by atoms with Crippen molar-refractivity contribution in [1.82, 2.24) is 9.97 Å². The summed E-state index contributed by atoms with van der Waals surface area (Å²) in [6.07, 6.45) is 1.28. The monoisotopic (exact) mass is 445 g/mol. The first kappa shape index (κ1) is 19.9. The van der Waals surface area contributed by atoms with E-state index in [4.69, 9.17) is 34.8 Å². The van der Waals surface area contributed by atoms with E-state index >= 15 is 0 Å². The molecule has 1 saturated carbocycles. The van der Waals surface area contributed by atoms with Gasteiger partial charge < -0.3 is 5.32 Å². The first-order chi connectivity index (χ1) is 13.7. The summed E-state index contributed by atoms with van der Waals surface area (Å²) in [5.41, 5.74) is -0.185. The predicted octanol–water partition coefficient (Wildman–Crippen LogP) is 4.97. The molecule has 1 heterocycles. The molecule has 0 aliphatic heterocycles. The molecule has 4 rings (SSSR count). The maximum atomic E-state index is 13.6. The molecule has 2 aliphatic rings. The van der Waals surface area contributed by atoms with E-state index in [1.807, 2.05) is 26.0 Å². The van der Waals surface area contributed by atoms with Crippen molar-refractivity contribution in [3.05, 3.63) is 50.0 Å². The SMILES string of the molecule is CC1(C)C2CCC1(C(=O)Nc1cc(Cl)c(Cl)cc1Cl)c1nc(C#N)c(C#N)nc12. The van der Waals surface area contributed by atoms with Crippen LogP contribution in [0.15, 0.2) is 12.1 Å². The van der Waals surface area contributed by atoms with Gasteiger partial charge in [-0.25, -0.2) is 9.97 Å². The first-order valence-electron chi connectivity index (χ1n) is 8.86. The zero-order chi connectivity index (χ0) is 21.1. The molecule has 1 fully saturated rings. The smallest absolute Gasteiger partial charge is 0.237 e. The number of aromatic nitrogens is 2. The minimum absolute atomic E-state index is 0.0160. The van der Waals surface area contributed by atoms with E-state index < -0.39 is 10.8 Å². The highest BCUT2D eigenvalue weighted by Crippen LogP contribution is 2.67. The molecule has 2 aliphatic carbocycles. The molecule has 146 valence electrons. The van der Waals surface area contributed by atoms with Gasteiger partial charge >= 0.3 is 0 Å². The summed E-state index contributed by atoms with van der Waals surface area (Å²) in [4.78, 5) is 22.4. The Morgan fingerprint density at radius 1 is 1.10 bits per heavy atom. The van der Waals surface area contributed by atoms with Gasteiger partial charge in [-0.2, -0.15) is 10.5 Å². The fraction of sp³-hybridized carbons (Fsp3) is 0.350. The fourth-order valence-corrected chi connectivity index (χ4v) is 5.36. The van der Waals surface area contributed by atoms with E-state index in [0.717, 1.165) is 6.42 Å². The van der Waals surface area contributed by atoms with Gasteiger partial charge in [-0.3, -0.25) is 4.79 Å². The van der Waals surface area contributed by atoms with Crippen molar-refractivity contribution in [3.63, 3.8) is 0 Å². The van der Waals surface area contributed by atoms with Crippen molar-refractivity contribution in [2.75, 3.05) is 5.32 Å². The second kappa shape index (κ2) is 6.57. The summed E-state index contributed by atoms with van der Waals surface area (Å²) in [5.74, 6) is -0.341. The molecule has 2 unspecified atom stereocenters. The highest BCUT2D eigenvalue weighted by atomic mass is 35.5. The quantitative estimate of drug-likeness (QED) is 0.656. The standard InChI is InChI=1S/C20H14Cl3N5O/c1-19(2)9-3-4-20(19,17-16(9)26-14(7-24)15(8-25)27-17)18(29)28-13-6-11(22)10(21)5-12(13)23/h5-6,9H,3-4H2,1-2H3,(H,28,29). The van der Waals surface area contributed by atoms with Crippen LogP contribution in [0.5, 0.6) is 0 Å². The van der Waals surface area contributed by atoms with Gasteiger partial charge in [-0.05, 0) is 30.4 Å². The van der Waals surface area contributed by atoms with E-state index in [0.29, 0.717) is 23.5 Å². The van der Waals surface area contributed by atoms with Crippen LogP contribution in [0.2, 0.25) is 15.1 Å². The number of rotatable bonds is 2. The lowest BCUT2D eigenvalue weighted by molar-refractivity contribution is -0.124. The number of carbonyl (C=O) groups excluding carboxylic acids is 1. The minimum atomic E-state index is -1.00.